The monoisotopic (exact) mass is 439 g/mol. The standard InChI is InChI=1S/C20H20F3N3O3S/c1-14-24-19-15(25-12-5-2-6-13-25)8-7-9-16(19)26(14)30(27,28)18-11-4-3-10-17(18)29-20(21,22)23/h3-4,7-11H,2,5-6,12-13H2,1H3. The summed E-state index contributed by atoms with van der Waals surface area (Å²) in [4.78, 5) is 6.05. The Morgan fingerprint density at radius 1 is 1.00 bits per heavy atom. The number of piperidine rings is 1. The molecule has 30 heavy (non-hydrogen) atoms. The first kappa shape index (κ1) is 20.5. The fraction of sp³-hybridized carbons (Fsp3) is 0.350. The maximum absolute atomic E-state index is 13.4. The first-order valence-corrected chi connectivity index (χ1v) is 11.0. The molecule has 6 nitrogen and oxygen atoms in total. The van der Waals surface area contributed by atoms with Gasteiger partial charge in [0.1, 0.15) is 22.0 Å². The van der Waals surface area contributed by atoms with E-state index in [1.807, 2.05) is 6.07 Å². The number of hydrogen-bond acceptors (Lipinski definition) is 5. The van der Waals surface area contributed by atoms with Crippen LogP contribution < -0.4 is 9.64 Å². The molecule has 0 bridgehead atoms. The molecule has 10 heteroatoms. The third-order valence-corrected chi connectivity index (χ3v) is 6.90. The topological polar surface area (TPSA) is 64.4 Å². The minimum absolute atomic E-state index is 0.163. The Bertz CT molecular complexity index is 1180. The number of halogens is 3. The van der Waals surface area contributed by atoms with E-state index in [0.29, 0.717) is 11.0 Å². The zero-order valence-electron chi connectivity index (χ0n) is 16.2. The van der Waals surface area contributed by atoms with Crippen LogP contribution in [-0.2, 0) is 10.0 Å². The molecule has 1 saturated heterocycles. The van der Waals surface area contributed by atoms with Crippen LogP contribution in [0, 0.1) is 6.92 Å². The summed E-state index contributed by atoms with van der Waals surface area (Å²) >= 11 is 0. The van der Waals surface area contributed by atoms with Gasteiger partial charge in [-0.2, -0.15) is 0 Å². The summed E-state index contributed by atoms with van der Waals surface area (Å²) in [6.07, 6.45) is -1.80. The van der Waals surface area contributed by atoms with Crippen molar-refractivity contribution in [2.75, 3.05) is 18.0 Å². The molecular weight excluding hydrogens is 419 g/mol. The second-order valence-electron chi connectivity index (χ2n) is 7.12. The molecule has 0 unspecified atom stereocenters. The number of para-hydroxylation sites is 2. The van der Waals surface area contributed by atoms with Crippen LogP contribution in [0.1, 0.15) is 25.1 Å². The number of aryl methyl sites for hydroxylation is 1. The fourth-order valence-electron chi connectivity index (χ4n) is 3.84. The number of anilines is 1. The molecule has 160 valence electrons. The van der Waals surface area contributed by atoms with E-state index in [-0.39, 0.29) is 5.82 Å². The number of nitrogens with zero attached hydrogens (tertiary/aromatic N) is 3. The number of hydrogen-bond donors (Lipinski definition) is 0. The van der Waals surface area contributed by atoms with Gasteiger partial charge in [0.05, 0.1) is 11.2 Å². The quantitative estimate of drug-likeness (QED) is 0.600. The number of rotatable bonds is 4. The molecule has 1 aromatic heterocycles. The first-order valence-electron chi connectivity index (χ1n) is 9.52. The van der Waals surface area contributed by atoms with Crippen LogP contribution in [0.4, 0.5) is 18.9 Å². The van der Waals surface area contributed by atoms with Crippen molar-refractivity contribution in [2.45, 2.75) is 37.4 Å². The molecule has 0 N–H and O–H groups in total. The van der Waals surface area contributed by atoms with Gasteiger partial charge in [-0.3, -0.25) is 0 Å². The van der Waals surface area contributed by atoms with E-state index in [2.05, 4.69) is 14.6 Å². The number of aromatic nitrogens is 2. The Labute approximate surface area is 171 Å². The zero-order valence-corrected chi connectivity index (χ0v) is 17.0. The SMILES string of the molecule is Cc1nc2c(N3CCCCC3)cccc2n1S(=O)(=O)c1ccccc1OC(F)(F)F. The van der Waals surface area contributed by atoms with Crippen molar-refractivity contribution in [2.24, 2.45) is 0 Å². The number of ether oxygens (including phenoxy) is 1. The summed E-state index contributed by atoms with van der Waals surface area (Å²) in [5.74, 6) is -0.616. The predicted octanol–water partition coefficient (Wildman–Crippen LogP) is 4.47. The van der Waals surface area contributed by atoms with Crippen molar-refractivity contribution in [3.63, 3.8) is 0 Å². The van der Waals surface area contributed by atoms with Crippen molar-refractivity contribution < 1.29 is 26.3 Å². The predicted molar refractivity (Wildman–Crippen MR) is 106 cm³/mol. The number of fused-ring (bicyclic) bond motifs is 1. The van der Waals surface area contributed by atoms with E-state index in [4.69, 9.17) is 0 Å². The summed E-state index contributed by atoms with van der Waals surface area (Å²) in [5.41, 5.74) is 1.65. The van der Waals surface area contributed by atoms with Gasteiger partial charge < -0.3 is 9.64 Å². The molecule has 1 aliphatic heterocycles. The lowest BCUT2D eigenvalue weighted by atomic mass is 10.1. The van der Waals surface area contributed by atoms with Crippen LogP contribution in [0.3, 0.4) is 0 Å². The van der Waals surface area contributed by atoms with Crippen LogP contribution in [0.5, 0.6) is 5.75 Å². The van der Waals surface area contributed by atoms with Gasteiger partial charge >= 0.3 is 6.36 Å². The fourth-order valence-corrected chi connectivity index (χ4v) is 5.45. The van der Waals surface area contributed by atoms with Crippen LogP contribution in [0.15, 0.2) is 47.4 Å². The lowest BCUT2D eigenvalue weighted by Crippen LogP contribution is -2.29. The Kier molecular flexibility index (Phi) is 5.13. The highest BCUT2D eigenvalue weighted by Gasteiger charge is 2.35. The van der Waals surface area contributed by atoms with E-state index in [1.54, 1.807) is 12.1 Å². The summed E-state index contributed by atoms with van der Waals surface area (Å²) < 4.78 is 70.1. The Balaban J connectivity index is 1.87. The van der Waals surface area contributed by atoms with E-state index >= 15 is 0 Å². The van der Waals surface area contributed by atoms with Gasteiger partial charge in [-0.05, 0) is 50.5 Å². The van der Waals surface area contributed by atoms with E-state index in [0.717, 1.165) is 54.1 Å². The van der Waals surface area contributed by atoms with Crippen LogP contribution in [-0.4, -0.2) is 36.8 Å². The van der Waals surface area contributed by atoms with Gasteiger partial charge in [0, 0.05) is 13.1 Å². The molecule has 0 atom stereocenters. The summed E-state index contributed by atoms with van der Waals surface area (Å²) in [5, 5.41) is 0. The van der Waals surface area contributed by atoms with Crippen molar-refractivity contribution >= 4 is 26.7 Å². The largest absolute Gasteiger partial charge is 0.573 e. The van der Waals surface area contributed by atoms with E-state index in [1.165, 1.54) is 19.1 Å². The highest BCUT2D eigenvalue weighted by molar-refractivity contribution is 7.90. The second-order valence-corrected chi connectivity index (χ2v) is 8.87. The van der Waals surface area contributed by atoms with Gasteiger partial charge in [-0.1, -0.05) is 18.2 Å². The van der Waals surface area contributed by atoms with Crippen molar-refractivity contribution in [3.8, 4) is 5.75 Å². The minimum Gasteiger partial charge on any atom is -0.404 e. The van der Waals surface area contributed by atoms with Gasteiger partial charge in [0.15, 0.2) is 0 Å². The molecule has 0 saturated carbocycles. The number of benzene rings is 2. The summed E-state index contributed by atoms with van der Waals surface area (Å²) in [6.45, 7) is 3.21. The van der Waals surface area contributed by atoms with E-state index in [9.17, 15) is 21.6 Å². The molecule has 2 aromatic carbocycles. The normalized spacial score (nSPS) is 15.5. The third-order valence-electron chi connectivity index (χ3n) is 5.07. The van der Waals surface area contributed by atoms with Crippen molar-refractivity contribution in [1.29, 1.82) is 0 Å². The minimum atomic E-state index is -5.01. The molecule has 0 spiro atoms. The Hall–Kier alpha value is -2.75. The molecular formula is C20H20F3N3O3S. The van der Waals surface area contributed by atoms with Gasteiger partial charge in [0.25, 0.3) is 10.0 Å². The van der Waals surface area contributed by atoms with Crippen molar-refractivity contribution in [3.05, 3.63) is 48.3 Å². The number of alkyl halides is 3. The lowest BCUT2D eigenvalue weighted by molar-refractivity contribution is -0.275. The lowest BCUT2D eigenvalue weighted by Gasteiger charge is -2.28. The van der Waals surface area contributed by atoms with Crippen molar-refractivity contribution in [1.82, 2.24) is 8.96 Å². The highest BCUT2D eigenvalue weighted by Crippen LogP contribution is 2.35. The molecule has 1 aliphatic rings. The maximum Gasteiger partial charge on any atom is 0.573 e. The van der Waals surface area contributed by atoms with Crippen LogP contribution in [0.25, 0.3) is 11.0 Å². The Morgan fingerprint density at radius 3 is 2.40 bits per heavy atom. The summed E-state index contributed by atoms with van der Waals surface area (Å²) in [6, 6.07) is 9.93. The van der Waals surface area contributed by atoms with Gasteiger partial charge in [0.2, 0.25) is 0 Å². The number of imidazole rings is 1. The average Bonchev–Trinajstić information content (AvgIpc) is 3.04. The molecule has 4 rings (SSSR count). The van der Waals surface area contributed by atoms with Gasteiger partial charge in [-0.15, -0.1) is 13.2 Å². The molecule has 2 heterocycles. The molecule has 0 radical (unpaired) electrons. The van der Waals surface area contributed by atoms with Crippen LogP contribution >= 0.6 is 0 Å². The molecule has 0 aliphatic carbocycles. The van der Waals surface area contributed by atoms with Gasteiger partial charge in [-0.25, -0.2) is 17.4 Å². The highest BCUT2D eigenvalue weighted by atomic mass is 32.2. The average molecular weight is 439 g/mol. The van der Waals surface area contributed by atoms with Crippen LogP contribution in [0.2, 0.25) is 0 Å². The first-order chi connectivity index (χ1) is 14.2. The van der Waals surface area contributed by atoms with E-state index < -0.39 is 27.0 Å². The molecule has 1 fully saturated rings. The molecule has 0 amide bonds. The Morgan fingerprint density at radius 2 is 1.70 bits per heavy atom. The second kappa shape index (κ2) is 7.50. The maximum atomic E-state index is 13.4. The zero-order chi connectivity index (χ0) is 21.5. The summed E-state index contributed by atoms with van der Waals surface area (Å²) in [7, 11) is -4.39. The smallest absolute Gasteiger partial charge is 0.404 e. The third kappa shape index (κ3) is 3.71. The molecule has 3 aromatic rings.